The standard InChI is InChI=1S/C18H12ClF3N4O2S/c19-11-4-2-6-23-15(11)26-7-8-28-14-10(3-1-5-12(14)26)16(27)25-17-24-13(9-29-17)18(20,21)22/h1-6,9H,7-8H2,(H,24,25,27). The molecule has 1 amide bonds. The van der Waals surface area contributed by atoms with Gasteiger partial charge in [0.25, 0.3) is 5.91 Å². The first kappa shape index (κ1) is 19.5. The molecule has 1 aliphatic heterocycles. The molecule has 29 heavy (non-hydrogen) atoms. The summed E-state index contributed by atoms with van der Waals surface area (Å²) >= 11 is 6.94. The predicted molar refractivity (Wildman–Crippen MR) is 103 cm³/mol. The quantitative estimate of drug-likeness (QED) is 0.621. The van der Waals surface area contributed by atoms with E-state index in [2.05, 4.69) is 15.3 Å². The molecule has 0 spiro atoms. The van der Waals surface area contributed by atoms with Gasteiger partial charge in [0, 0.05) is 11.6 Å². The van der Waals surface area contributed by atoms with Crippen molar-refractivity contribution in [2.75, 3.05) is 23.4 Å². The fourth-order valence-electron chi connectivity index (χ4n) is 2.85. The van der Waals surface area contributed by atoms with E-state index in [1.807, 2.05) is 4.90 Å². The van der Waals surface area contributed by atoms with E-state index in [1.54, 1.807) is 30.5 Å². The number of thiazole rings is 1. The van der Waals surface area contributed by atoms with Gasteiger partial charge in [-0.05, 0) is 24.3 Å². The summed E-state index contributed by atoms with van der Waals surface area (Å²) in [6, 6.07) is 8.34. The highest BCUT2D eigenvalue weighted by Gasteiger charge is 2.34. The number of carbonyl (C=O) groups is 1. The van der Waals surface area contributed by atoms with Gasteiger partial charge in [-0.25, -0.2) is 9.97 Å². The maximum Gasteiger partial charge on any atom is 0.434 e. The van der Waals surface area contributed by atoms with Gasteiger partial charge in [0.1, 0.15) is 6.61 Å². The normalized spacial score (nSPS) is 13.6. The second-order valence-electron chi connectivity index (χ2n) is 5.95. The molecule has 1 aliphatic rings. The number of nitrogens with one attached hydrogen (secondary N) is 1. The molecule has 0 atom stereocenters. The highest BCUT2D eigenvalue weighted by atomic mass is 35.5. The number of anilines is 3. The largest absolute Gasteiger partial charge is 0.489 e. The summed E-state index contributed by atoms with van der Waals surface area (Å²) in [6.07, 6.45) is -2.97. The molecule has 6 nitrogen and oxygen atoms in total. The topological polar surface area (TPSA) is 67.3 Å². The number of halogens is 4. The zero-order chi connectivity index (χ0) is 20.6. The zero-order valence-corrected chi connectivity index (χ0v) is 16.1. The van der Waals surface area contributed by atoms with Crippen molar-refractivity contribution in [1.29, 1.82) is 0 Å². The van der Waals surface area contributed by atoms with E-state index in [0.717, 1.165) is 5.38 Å². The van der Waals surface area contributed by atoms with Gasteiger partial charge in [0.15, 0.2) is 22.4 Å². The lowest BCUT2D eigenvalue weighted by Gasteiger charge is -2.31. The Hall–Kier alpha value is -2.85. The molecule has 2 aromatic heterocycles. The van der Waals surface area contributed by atoms with E-state index < -0.39 is 17.8 Å². The minimum absolute atomic E-state index is 0.152. The summed E-state index contributed by atoms with van der Waals surface area (Å²) in [6.45, 7) is 0.746. The molecule has 0 aliphatic carbocycles. The second kappa shape index (κ2) is 7.53. The molecule has 0 bridgehead atoms. The minimum atomic E-state index is -4.57. The number of benzene rings is 1. The van der Waals surface area contributed by atoms with Crippen molar-refractivity contribution >= 4 is 45.5 Å². The first-order valence-electron chi connectivity index (χ1n) is 8.32. The summed E-state index contributed by atoms with van der Waals surface area (Å²) < 4.78 is 43.8. The molecule has 1 N–H and O–H groups in total. The summed E-state index contributed by atoms with van der Waals surface area (Å²) in [4.78, 5) is 22.2. The van der Waals surface area contributed by atoms with Crippen LogP contribution in [0.1, 0.15) is 16.1 Å². The van der Waals surface area contributed by atoms with Crippen LogP contribution in [0.3, 0.4) is 0 Å². The van der Waals surface area contributed by atoms with Crippen LogP contribution in [0.25, 0.3) is 0 Å². The Morgan fingerprint density at radius 1 is 1.28 bits per heavy atom. The fraction of sp³-hybridized carbons (Fsp3) is 0.167. The van der Waals surface area contributed by atoms with Crippen molar-refractivity contribution < 1.29 is 22.7 Å². The number of aromatic nitrogens is 2. The van der Waals surface area contributed by atoms with E-state index >= 15 is 0 Å². The Balaban J connectivity index is 1.65. The van der Waals surface area contributed by atoms with Crippen molar-refractivity contribution in [3.8, 4) is 5.75 Å². The third-order valence-corrected chi connectivity index (χ3v) is 5.15. The molecule has 0 fully saturated rings. The number of amides is 1. The molecule has 3 heterocycles. The van der Waals surface area contributed by atoms with Crippen LogP contribution in [0.5, 0.6) is 5.75 Å². The number of rotatable bonds is 3. The average Bonchev–Trinajstić information content (AvgIpc) is 3.16. The Morgan fingerprint density at radius 2 is 2.10 bits per heavy atom. The summed E-state index contributed by atoms with van der Waals surface area (Å²) in [5.41, 5.74) is -0.303. The van der Waals surface area contributed by atoms with Gasteiger partial charge in [0.2, 0.25) is 0 Å². The van der Waals surface area contributed by atoms with Gasteiger partial charge in [0.05, 0.1) is 22.8 Å². The highest BCUT2D eigenvalue weighted by molar-refractivity contribution is 7.14. The number of fused-ring (bicyclic) bond motifs is 1. The van der Waals surface area contributed by atoms with Gasteiger partial charge in [-0.2, -0.15) is 13.2 Å². The highest BCUT2D eigenvalue weighted by Crippen LogP contribution is 2.40. The number of ether oxygens (including phenoxy) is 1. The molecule has 0 saturated carbocycles. The van der Waals surface area contributed by atoms with Gasteiger partial charge < -0.3 is 9.64 Å². The van der Waals surface area contributed by atoms with Gasteiger partial charge in [-0.1, -0.05) is 17.7 Å². The Bertz CT molecular complexity index is 1070. The van der Waals surface area contributed by atoms with E-state index in [9.17, 15) is 18.0 Å². The number of hydrogen-bond donors (Lipinski definition) is 1. The summed E-state index contributed by atoms with van der Waals surface area (Å²) in [7, 11) is 0. The predicted octanol–water partition coefficient (Wildman–Crippen LogP) is 4.99. The summed E-state index contributed by atoms with van der Waals surface area (Å²) in [5.74, 6) is 0.190. The second-order valence-corrected chi connectivity index (χ2v) is 7.22. The van der Waals surface area contributed by atoms with Crippen LogP contribution in [-0.2, 0) is 6.18 Å². The van der Waals surface area contributed by atoms with E-state index in [4.69, 9.17) is 16.3 Å². The molecule has 0 unspecified atom stereocenters. The van der Waals surface area contributed by atoms with Crippen molar-refractivity contribution in [2.45, 2.75) is 6.18 Å². The number of carbonyl (C=O) groups excluding carboxylic acids is 1. The molecule has 3 aromatic rings. The third-order valence-electron chi connectivity index (χ3n) is 4.10. The lowest BCUT2D eigenvalue weighted by Crippen LogP contribution is -2.30. The number of hydrogen-bond acceptors (Lipinski definition) is 6. The first-order chi connectivity index (χ1) is 13.8. The monoisotopic (exact) mass is 440 g/mol. The van der Waals surface area contributed by atoms with Crippen LogP contribution in [0, 0.1) is 0 Å². The van der Waals surface area contributed by atoms with E-state index in [1.165, 1.54) is 6.07 Å². The van der Waals surface area contributed by atoms with Gasteiger partial charge in [-0.3, -0.25) is 10.1 Å². The van der Waals surface area contributed by atoms with Crippen LogP contribution < -0.4 is 15.0 Å². The Morgan fingerprint density at radius 3 is 2.83 bits per heavy atom. The number of alkyl halides is 3. The smallest absolute Gasteiger partial charge is 0.434 e. The maximum absolute atomic E-state index is 12.7. The molecule has 1 aromatic carbocycles. The van der Waals surface area contributed by atoms with E-state index in [-0.39, 0.29) is 17.3 Å². The van der Waals surface area contributed by atoms with E-state index in [0.29, 0.717) is 40.2 Å². The van der Waals surface area contributed by atoms with Crippen molar-refractivity contribution in [3.63, 3.8) is 0 Å². The van der Waals surface area contributed by atoms with Crippen LogP contribution in [0.15, 0.2) is 41.9 Å². The molecule has 11 heteroatoms. The fourth-order valence-corrected chi connectivity index (χ4v) is 3.78. The van der Waals surface area contributed by atoms with Gasteiger partial charge >= 0.3 is 6.18 Å². The Labute approximate surface area is 171 Å². The number of para-hydroxylation sites is 1. The van der Waals surface area contributed by atoms with Crippen LogP contribution in [0.4, 0.5) is 29.8 Å². The van der Waals surface area contributed by atoms with Crippen molar-refractivity contribution in [1.82, 2.24) is 9.97 Å². The lowest BCUT2D eigenvalue weighted by atomic mass is 10.1. The molecule has 4 rings (SSSR count). The zero-order valence-electron chi connectivity index (χ0n) is 14.5. The molecular formula is C18H12ClF3N4O2S. The first-order valence-corrected chi connectivity index (χ1v) is 9.58. The minimum Gasteiger partial charge on any atom is -0.489 e. The SMILES string of the molecule is O=C(Nc1nc(C(F)(F)F)cs1)c1cccc2c1OCCN2c1ncccc1Cl. The molecule has 0 radical (unpaired) electrons. The van der Waals surface area contributed by atoms with Crippen LogP contribution in [0.2, 0.25) is 5.02 Å². The molecule has 150 valence electrons. The molecule has 0 saturated heterocycles. The number of pyridine rings is 1. The molecular weight excluding hydrogens is 429 g/mol. The van der Waals surface area contributed by atoms with Crippen LogP contribution >= 0.6 is 22.9 Å². The number of nitrogens with zero attached hydrogens (tertiary/aromatic N) is 3. The lowest BCUT2D eigenvalue weighted by molar-refractivity contribution is -0.140. The average molecular weight is 441 g/mol. The van der Waals surface area contributed by atoms with Crippen LogP contribution in [-0.4, -0.2) is 29.0 Å². The third kappa shape index (κ3) is 3.85. The van der Waals surface area contributed by atoms with Crippen molar-refractivity contribution in [2.24, 2.45) is 0 Å². The summed E-state index contributed by atoms with van der Waals surface area (Å²) in [5, 5.41) is 3.53. The van der Waals surface area contributed by atoms with Gasteiger partial charge in [-0.15, -0.1) is 11.3 Å². The Kier molecular flexibility index (Phi) is 5.05. The van der Waals surface area contributed by atoms with Crippen molar-refractivity contribution in [3.05, 3.63) is 58.2 Å². The maximum atomic E-state index is 12.7.